The average molecular weight is 454 g/mol. The Hall–Kier alpha value is -3.33. The van der Waals surface area contributed by atoms with Gasteiger partial charge >= 0.3 is 0 Å². The smallest absolute Gasteiger partial charge is 0.258 e. The predicted octanol–water partition coefficient (Wildman–Crippen LogP) is 3.34. The molecule has 0 fully saturated rings. The molecule has 0 spiro atoms. The van der Waals surface area contributed by atoms with E-state index in [1.54, 1.807) is 0 Å². The molecule has 0 aliphatic rings. The lowest BCUT2D eigenvalue weighted by molar-refractivity contribution is -0.123. The first-order chi connectivity index (χ1) is 15.5. The molecule has 8 nitrogen and oxygen atoms in total. The van der Waals surface area contributed by atoms with Crippen LogP contribution in [0, 0.1) is 13.8 Å². The van der Waals surface area contributed by atoms with Crippen LogP contribution >= 0.6 is 11.8 Å². The SMILES string of the molecule is CCn1c(CNC(=O)COc2c(C)cccc2C)nnc1SCC(=O)Nc1ccccc1. The van der Waals surface area contributed by atoms with Gasteiger partial charge in [-0.3, -0.25) is 9.59 Å². The molecule has 2 aromatic carbocycles. The number of para-hydroxylation sites is 2. The molecule has 0 saturated carbocycles. The van der Waals surface area contributed by atoms with Crippen LogP contribution in [0.2, 0.25) is 0 Å². The molecule has 3 aromatic rings. The zero-order chi connectivity index (χ0) is 22.9. The van der Waals surface area contributed by atoms with Crippen molar-refractivity contribution in [3.8, 4) is 5.75 Å². The number of amides is 2. The van der Waals surface area contributed by atoms with Crippen molar-refractivity contribution in [1.82, 2.24) is 20.1 Å². The van der Waals surface area contributed by atoms with E-state index in [2.05, 4.69) is 20.8 Å². The van der Waals surface area contributed by atoms with E-state index in [0.717, 1.165) is 22.6 Å². The fraction of sp³-hybridized carbons (Fsp3) is 0.304. The number of nitrogens with one attached hydrogen (secondary N) is 2. The second-order valence-electron chi connectivity index (χ2n) is 7.13. The number of carbonyl (C=O) groups is 2. The van der Waals surface area contributed by atoms with Crippen LogP contribution in [0.25, 0.3) is 0 Å². The number of ether oxygens (including phenoxy) is 1. The average Bonchev–Trinajstić information content (AvgIpc) is 3.18. The van der Waals surface area contributed by atoms with Crippen LogP contribution in [0.4, 0.5) is 5.69 Å². The molecule has 168 valence electrons. The summed E-state index contributed by atoms with van der Waals surface area (Å²) < 4.78 is 7.57. The summed E-state index contributed by atoms with van der Waals surface area (Å²) in [6.45, 7) is 6.64. The maximum absolute atomic E-state index is 12.3. The third-order valence-corrected chi connectivity index (χ3v) is 5.67. The molecule has 0 unspecified atom stereocenters. The molecule has 2 N–H and O–H groups in total. The summed E-state index contributed by atoms with van der Waals surface area (Å²) in [6.07, 6.45) is 0. The monoisotopic (exact) mass is 453 g/mol. The van der Waals surface area contributed by atoms with Gasteiger partial charge in [-0.2, -0.15) is 0 Å². The summed E-state index contributed by atoms with van der Waals surface area (Å²) in [4.78, 5) is 24.4. The molecular weight excluding hydrogens is 426 g/mol. The van der Waals surface area contributed by atoms with Crippen molar-refractivity contribution in [2.24, 2.45) is 0 Å². The highest BCUT2D eigenvalue weighted by Gasteiger charge is 2.14. The van der Waals surface area contributed by atoms with E-state index in [1.807, 2.05) is 73.9 Å². The number of hydrogen-bond acceptors (Lipinski definition) is 6. The molecule has 0 saturated heterocycles. The van der Waals surface area contributed by atoms with Crippen LogP contribution in [0.3, 0.4) is 0 Å². The van der Waals surface area contributed by atoms with Crippen LogP contribution in [0.1, 0.15) is 23.9 Å². The highest BCUT2D eigenvalue weighted by atomic mass is 32.2. The molecule has 9 heteroatoms. The Morgan fingerprint density at radius 2 is 1.72 bits per heavy atom. The topological polar surface area (TPSA) is 98.1 Å². The van der Waals surface area contributed by atoms with Gasteiger partial charge < -0.3 is 19.9 Å². The first-order valence-electron chi connectivity index (χ1n) is 10.3. The van der Waals surface area contributed by atoms with Gasteiger partial charge in [0.05, 0.1) is 12.3 Å². The van der Waals surface area contributed by atoms with Crippen molar-refractivity contribution in [1.29, 1.82) is 0 Å². The maximum atomic E-state index is 12.3. The van der Waals surface area contributed by atoms with E-state index < -0.39 is 0 Å². The Morgan fingerprint density at radius 3 is 2.41 bits per heavy atom. The molecule has 0 aliphatic heterocycles. The van der Waals surface area contributed by atoms with Crippen LogP contribution in [0.5, 0.6) is 5.75 Å². The summed E-state index contributed by atoms with van der Waals surface area (Å²) >= 11 is 1.30. The van der Waals surface area contributed by atoms with Crippen molar-refractivity contribution in [3.05, 3.63) is 65.5 Å². The van der Waals surface area contributed by atoms with E-state index >= 15 is 0 Å². The number of aromatic nitrogens is 3. The molecule has 1 heterocycles. The third kappa shape index (κ3) is 6.34. The molecule has 0 bridgehead atoms. The predicted molar refractivity (Wildman–Crippen MR) is 125 cm³/mol. The molecule has 1 aromatic heterocycles. The highest BCUT2D eigenvalue weighted by Crippen LogP contribution is 2.22. The number of carbonyl (C=O) groups excluding carboxylic acids is 2. The molecule has 3 rings (SSSR count). The second kappa shape index (κ2) is 11.3. The van der Waals surface area contributed by atoms with Gasteiger partial charge in [-0.15, -0.1) is 10.2 Å². The summed E-state index contributed by atoms with van der Waals surface area (Å²) in [5.41, 5.74) is 2.73. The minimum Gasteiger partial charge on any atom is -0.483 e. The fourth-order valence-corrected chi connectivity index (χ4v) is 3.94. The van der Waals surface area contributed by atoms with E-state index in [-0.39, 0.29) is 30.7 Å². The summed E-state index contributed by atoms with van der Waals surface area (Å²) in [5.74, 6) is 1.20. The summed E-state index contributed by atoms with van der Waals surface area (Å²) in [6, 6.07) is 15.1. The Morgan fingerprint density at radius 1 is 1.00 bits per heavy atom. The molecule has 2 amide bonds. The van der Waals surface area contributed by atoms with E-state index in [4.69, 9.17) is 4.74 Å². The highest BCUT2D eigenvalue weighted by molar-refractivity contribution is 7.99. The molecule has 32 heavy (non-hydrogen) atoms. The quantitative estimate of drug-likeness (QED) is 0.457. The largest absolute Gasteiger partial charge is 0.483 e. The van der Waals surface area contributed by atoms with Gasteiger partial charge in [0.2, 0.25) is 5.91 Å². The number of benzene rings is 2. The minimum atomic E-state index is -0.241. The zero-order valence-corrected chi connectivity index (χ0v) is 19.2. The van der Waals surface area contributed by atoms with Crippen LogP contribution in [-0.2, 0) is 22.7 Å². The lowest BCUT2D eigenvalue weighted by Crippen LogP contribution is -2.29. The van der Waals surface area contributed by atoms with Gasteiger partial charge in [-0.05, 0) is 44.0 Å². The van der Waals surface area contributed by atoms with Crippen molar-refractivity contribution >= 4 is 29.3 Å². The first-order valence-corrected chi connectivity index (χ1v) is 11.3. The Kier molecular flexibility index (Phi) is 8.27. The number of nitrogens with zero attached hydrogens (tertiary/aromatic N) is 3. The number of hydrogen-bond donors (Lipinski definition) is 2. The normalized spacial score (nSPS) is 10.6. The van der Waals surface area contributed by atoms with E-state index in [1.165, 1.54) is 11.8 Å². The number of aryl methyl sites for hydroxylation is 2. The standard InChI is InChI=1S/C23H27N5O3S/c1-4-28-19(13-24-20(29)14-31-22-16(2)9-8-10-17(22)3)26-27-23(28)32-15-21(30)25-18-11-6-5-7-12-18/h5-12H,4,13-15H2,1-3H3,(H,24,29)(H,25,30). The number of thioether (sulfide) groups is 1. The first kappa shape index (κ1) is 23.3. The molecule has 0 aliphatic carbocycles. The zero-order valence-electron chi connectivity index (χ0n) is 18.4. The van der Waals surface area contributed by atoms with Gasteiger partial charge in [-0.25, -0.2) is 0 Å². The Bertz CT molecular complexity index is 1050. The van der Waals surface area contributed by atoms with Gasteiger partial charge in [0.1, 0.15) is 5.75 Å². The van der Waals surface area contributed by atoms with Crippen molar-refractivity contribution in [3.63, 3.8) is 0 Å². The third-order valence-electron chi connectivity index (χ3n) is 4.70. The molecular formula is C23H27N5O3S. The van der Waals surface area contributed by atoms with Gasteiger partial charge in [0.15, 0.2) is 17.6 Å². The van der Waals surface area contributed by atoms with Crippen molar-refractivity contribution in [2.75, 3.05) is 17.7 Å². The fourth-order valence-electron chi connectivity index (χ4n) is 3.12. The Labute approximate surface area is 191 Å². The summed E-state index contributed by atoms with van der Waals surface area (Å²) in [5, 5.41) is 14.6. The lowest BCUT2D eigenvalue weighted by atomic mass is 10.1. The van der Waals surface area contributed by atoms with E-state index in [0.29, 0.717) is 17.5 Å². The van der Waals surface area contributed by atoms with Gasteiger partial charge in [0.25, 0.3) is 5.91 Å². The van der Waals surface area contributed by atoms with Crippen LogP contribution < -0.4 is 15.4 Å². The molecule has 0 atom stereocenters. The maximum Gasteiger partial charge on any atom is 0.258 e. The number of rotatable bonds is 10. The Balaban J connectivity index is 1.49. The summed E-state index contributed by atoms with van der Waals surface area (Å²) in [7, 11) is 0. The van der Waals surface area contributed by atoms with Crippen LogP contribution in [0.15, 0.2) is 53.7 Å². The van der Waals surface area contributed by atoms with E-state index in [9.17, 15) is 9.59 Å². The second-order valence-corrected chi connectivity index (χ2v) is 8.07. The minimum absolute atomic E-state index is 0.0762. The van der Waals surface area contributed by atoms with Gasteiger partial charge in [0, 0.05) is 12.2 Å². The number of anilines is 1. The van der Waals surface area contributed by atoms with Crippen molar-refractivity contribution < 1.29 is 14.3 Å². The molecule has 0 radical (unpaired) electrons. The van der Waals surface area contributed by atoms with Gasteiger partial charge in [-0.1, -0.05) is 48.2 Å². The lowest BCUT2D eigenvalue weighted by Gasteiger charge is -2.12. The van der Waals surface area contributed by atoms with Crippen molar-refractivity contribution in [2.45, 2.75) is 39.0 Å². The van der Waals surface area contributed by atoms with Crippen LogP contribution in [-0.4, -0.2) is 38.9 Å².